The summed E-state index contributed by atoms with van der Waals surface area (Å²) in [6.45, 7) is 13.0. The Labute approximate surface area is 93.2 Å². The molecule has 0 aliphatic carbocycles. The van der Waals surface area contributed by atoms with Gasteiger partial charge in [-0.1, -0.05) is 20.8 Å². The van der Waals surface area contributed by atoms with Crippen LogP contribution in [0.1, 0.15) is 41.0 Å². The Hall–Kier alpha value is -0.570. The monoisotopic (exact) mass is 212 g/mol. The maximum Gasteiger partial charge on any atom is 0.228 e. The molecule has 1 N–H and O–H groups in total. The van der Waals surface area contributed by atoms with Gasteiger partial charge in [0.2, 0.25) is 5.91 Å². The van der Waals surface area contributed by atoms with Crippen molar-refractivity contribution >= 4 is 5.91 Å². The van der Waals surface area contributed by atoms with Gasteiger partial charge in [0.15, 0.2) is 0 Å². The van der Waals surface area contributed by atoms with Crippen LogP contribution in [0.5, 0.6) is 0 Å². The Kier molecular flexibility index (Phi) is 3.44. The summed E-state index contributed by atoms with van der Waals surface area (Å²) >= 11 is 0. The minimum Gasteiger partial charge on any atom is -0.335 e. The van der Waals surface area contributed by atoms with Crippen molar-refractivity contribution in [3.8, 4) is 0 Å². The molecule has 1 heterocycles. The van der Waals surface area contributed by atoms with E-state index in [0.717, 1.165) is 26.1 Å². The number of nitrogens with one attached hydrogen (secondary N) is 1. The topological polar surface area (TPSA) is 32.3 Å². The summed E-state index contributed by atoms with van der Waals surface area (Å²) in [5.41, 5.74) is -0.281. The number of hydrogen-bond donors (Lipinski definition) is 1. The first kappa shape index (κ1) is 12.5. The molecule has 0 unspecified atom stereocenters. The molecule has 0 aromatic heterocycles. The van der Waals surface area contributed by atoms with Crippen molar-refractivity contribution in [2.24, 2.45) is 5.41 Å². The van der Waals surface area contributed by atoms with E-state index in [1.165, 1.54) is 0 Å². The second-order valence-corrected chi connectivity index (χ2v) is 5.68. The second kappa shape index (κ2) is 4.12. The van der Waals surface area contributed by atoms with E-state index in [2.05, 4.69) is 26.1 Å². The summed E-state index contributed by atoms with van der Waals surface area (Å²) in [6.07, 6.45) is 0.895. The molecule has 0 aromatic rings. The molecule has 1 amide bonds. The molecule has 3 nitrogen and oxygen atoms in total. The van der Waals surface area contributed by atoms with Gasteiger partial charge < -0.3 is 10.2 Å². The molecule has 1 rings (SSSR count). The highest BCUT2D eigenvalue weighted by atomic mass is 16.2. The SMILES string of the molecule is CCC(C)(C)C(=O)N1CCNCC1(C)C. The first-order valence-electron chi connectivity index (χ1n) is 5.84. The third-order valence-corrected chi connectivity index (χ3v) is 3.51. The van der Waals surface area contributed by atoms with Gasteiger partial charge in [-0.3, -0.25) is 4.79 Å². The van der Waals surface area contributed by atoms with Gasteiger partial charge in [0.25, 0.3) is 0 Å². The van der Waals surface area contributed by atoms with Gasteiger partial charge >= 0.3 is 0 Å². The molecule has 3 heteroatoms. The first-order valence-corrected chi connectivity index (χ1v) is 5.84. The van der Waals surface area contributed by atoms with Crippen LogP contribution in [-0.2, 0) is 4.79 Å². The summed E-state index contributed by atoms with van der Waals surface area (Å²) in [7, 11) is 0. The molecule has 1 saturated heterocycles. The lowest BCUT2D eigenvalue weighted by molar-refractivity contribution is -0.147. The van der Waals surface area contributed by atoms with Crippen molar-refractivity contribution in [2.75, 3.05) is 19.6 Å². The van der Waals surface area contributed by atoms with Gasteiger partial charge in [-0.25, -0.2) is 0 Å². The zero-order valence-electron chi connectivity index (χ0n) is 10.7. The Morgan fingerprint density at radius 3 is 2.53 bits per heavy atom. The van der Waals surface area contributed by atoms with E-state index >= 15 is 0 Å². The predicted molar refractivity (Wildman–Crippen MR) is 62.7 cm³/mol. The van der Waals surface area contributed by atoms with E-state index in [4.69, 9.17) is 0 Å². The van der Waals surface area contributed by atoms with E-state index < -0.39 is 0 Å². The quantitative estimate of drug-likeness (QED) is 0.754. The highest BCUT2D eigenvalue weighted by Gasteiger charge is 2.39. The summed E-state index contributed by atoms with van der Waals surface area (Å²) in [5, 5.41) is 3.34. The fraction of sp³-hybridized carbons (Fsp3) is 0.917. The van der Waals surface area contributed by atoms with Gasteiger partial charge in [-0.2, -0.15) is 0 Å². The van der Waals surface area contributed by atoms with Gasteiger partial charge in [0.05, 0.1) is 0 Å². The van der Waals surface area contributed by atoms with Gasteiger partial charge in [0.1, 0.15) is 0 Å². The average molecular weight is 212 g/mol. The third kappa shape index (κ3) is 2.51. The van der Waals surface area contributed by atoms with E-state index in [0.29, 0.717) is 0 Å². The minimum absolute atomic E-state index is 0.0538. The molecule has 0 saturated carbocycles. The molecule has 15 heavy (non-hydrogen) atoms. The highest BCUT2D eigenvalue weighted by molar-refractivity contribution is 5.82. The lowest BCUT2D eigenvalue weighted by Crippen LogP contribution is -2.62. The standard InChI is InChI=1S/C12H24N2O/c1-6-11(2,3)10(15)14-8-7-13-9-12(14,4)5/h13H,6-9H2,1-5H3. The van der Waals surface area contributed by atoms with Crippen LogP contribution in [0, 0.1) is 5.41 Å². The van der Waals surface area contributed by atoms with E-state index in [9.17, 15) is 4.79 Å². The summed E-state index contributed by atoms with van der Waals surface area (Å²) in [6, 6.07) is 0. The van der Waals surface area contributed by atoms with Gasteiger partial charge in [-0.05, 0) is 20.3 Å². The number of hydrogen-bond acceptors (Lipinski definition) is 2. The van der Waals surface area contributed by atoms with Crippen LogP contribution >= 0.6 is 0 Å². The second-order valence-electron chi connectivity index (χ2n) is 5.68. The average Bonchev–Trinajstić information content (AvgIpc) is 2.16. The fourth-order valence-electron chi connectivity index (χ4n) is 1.88. The van der Waals surface area contributed by atoms with Crippen LogP contribution in [0.25, 0.3) is 0 Å². The van der Waals surface area contributed by atoms with Gasteiger partial charge in [-0.15, -0.1) is 0 Å². The summed E-state index contributed by atoms with van der Waals surface area (Å²) < 4.78 is 0. The van der Waals surface area contributed by atoms with Crippen molar-refractivity contribution in [3.05, 3.63) is 0 Å². The molecule has 0 aromatic carbocycles. The predicted octanol–water partition coefficient (Wildman–Crippen LogP) is 1.63. The van der Waals surface area contributed by atoms with Crippen molar-refractivity contribution in [3.63, 3.8) is 0 Å². The largest absolute Gasteiger partial charge is 0.335 e. The highest BCUT2D eigenvalue weighted by Crippen LogP contribution is 2.28. The normalized spacial score (nSPS) is 21.5. The molecule has 88 valence electrons. The maximum atomic E-state index is 12.4. The molecule has 0 bridgehead atoms. The number of carbonyl (C=O) groups excluding carboxylic acids is 1. The van der Waals surface area contributed by atoms with Crippen LogP contribution in [0.2, 0.25) is 0 Å². The van der Waals surface area contributed by atoms with Crippen LogP contribution in [0.3, 0.4) is 0 Å². The van der Waals surface area contributed by atoms with Crippen molar-refractivity contribution < 1.29 is 4.79 Å². The van der Waals surface area contributed by atoms with E-state index in [1.54, 1.807) is 0 Å². The molecular weight excluding hydrogens is 188 g/mol. The molecule has 0 atom stereocenters. The molecule has 1 aliphatic rings. The maximum absolute atomic E-state index is 12.4. The number of amides is 1. The first-order chi connectivity index (χ1) is 6.81. The number of piperazine rings is 1. The summed E-state index contributed by atoms with van der Waals surface area (Å²) in [5.74, 6) is 0.288. The van der Waals surface area contributed by atoms with E-state index in [-0.39, 0.29) is 16.9 Å². The Morgan fingerprint density at radius 1 is 1.47 bits per heavy atom. The van der Waals surface area contributed by atoms with Crippen LogP contribution in [-0.4, -0.2) is 36.0 Å². The molecular formula is C12H24N2O. The third-order valence-electron chi connectivity index (χ3n) is 3.51. The lowest BCUT2D eigenvalue weighted by atomic mass is 9.86. The Morgan fingerprint density at radius 2 is 2.07 bits per heavy atom. The molecule has 0 spiro atoms. The number of nitrogens with zero attached hydrogens (tertiary/aromatic N) is 1. The number of rotatable bonds is 2. The zero-order chi connectivity index (χ0) is 11.7. The van der Waals surface area contributed by atoms with Crippen LogP contribution in [0.15, 0.2) is 0 Å². The van der Waals surface area contributed by atoms with Crippen molar-refractivity contribution in [1.82, 2.24) is 10.2 Å². The lowest BCUT2D eigenvalue weighted by Gasteiger charge is -2.45. The van der Waals surface area contributed by atoms with Crippen LogP contribution in [0.4, 0.5) is 0 Å². The molecule has 1 fully saturated rings. The van der Waals surface area contributed by atoms with Crippen molar-refractivity contribution in [1.29, 1.82) is 0 Å². The minimum atomic E-state index is -0.228. The van der Waals surface area contributed by atoms with E-state index in [1.807, 2.05) is 18.7 Å². The zero-order valence-corrected chi connectivity index (χ0v) is 10.7. The smallest absolute Gasteiger partial charge is 0.228 e. The molecule has 0 radical (unpaired) electrons. The van der Waals surface area contributed by atoms with Crippen LogP contribution < -0.4 is 5.32 Å². The number of carbonyl (C=O) groups is 1. The van der Waals surface area contributed by atoms with Gasteiger partial charge in [0, 0.05) is 30.6 Å². The van der Waals surface area contributed by atoms with Crippen molar-refractivity contribution in [2.45, 2.75) is 46.6 Å². The Balaban J connectivity index is 2.82. The Bertz CT molecular complexity index is 246. The summed E-state index contributed by atoms with van der Waals surface area (Å²) in [4.78, 5) is 14.4. The fourth-order valence-corrected chi connectivity index (χ4v) is 1.88. The molecule has 1 aliphatic heterocycles.